The van der Waals surface area contributed by atoms with Gasteiger partial charge in [-0.3, -0.25) is 4.79 Å². The molecule has 0 spiro atoms. The number of hydrogen-bond acceptors (Lipinski definition) is 1. The Morgan fingerprint density at radius 3 is 3.00 bits per heavy atom. The van der Waals surface area contributed by atoms with Crippen LogP contribution in [0.1, 0.15) is 19.8 Å². The van der Waals surface area contributed by atoms with Gasteiger partial charge in [-0.2, -0.15) is 0 Å². The smallest absolute Gasteiger partial charge is 0.245 e. The van der Waals surface area contributed by atoms with Gasteiger partial charge in [-0.25, -0.2) is 0 Å². The zero-order valence-electron chi connectivity index (χ0n) is 7.05. The number of amides is 1. The van der Waals surface area contributed by atoms with Gasteiger partial charge in [-0.05, 0) is 18.4 Å². The molecule has 0 aromatic carbocycles. The van der Waals surface area contributed by atoms with Gasteiger partial charge in [0.25, 0.3) is 0 Å². The fourth-order valence-corrected chi connectivity index (χ4v) is 1.50. The highest BCUT2D eigenvalue weighted by Crippen LogP contribution is 2.18. The zero-order valence-corrected chi connectivity index (χ0v) is 7.05. The van der Waals surface area contributed by atoms with Crippen LogP contribution in [0.15, 0.2) is 12.7 Å². The molecule has 2 nitrogen and oxygen atoms in total. The van der Waals surface area contributed by atoms with Crippen LogP contribution in [0.5, 0.6) is 0 Å². The lowest BCUT2D eigenvalue weighted by Crippen LogP contribution is -2.26. The molecule has 0 aromatic rings. The molecule has 0 bridgehead atoms. The van der Waals surface area contributed by atoms with Crippen LogP contribution in [-0.4, -0.2) is 23.9 Å². The van der Waals surface area contributed by atoms with Crippen molar-refractivity contribution >= 4 is 5.91 Å². The van der Waals surface area contributed by atoms with E-state index in [4.69, 9.17) is 0 Å². The van der Waals surface area contributed by atoms with Crippen molar-refractivity contribution < 1.29 is 4.79 Å². The molecule has 1 saturated heterocycles. The predicted molar refractivity (Wildman–Crippen MR) is 45.2 cm³/mol. The average Bonchev–Trinajstić information content (AvgIpc) is 2.50. The number of hydrogen-bond donors (Lipinski definition) is 0. The van der Waals surface area contributed by atoms with Gasteiger partial charge in [0, 0.05) is 13.1 Å². The van der Waals surface area contributed by atoms with Crippen molar-refractivity contribution in [1.82, 2.24) is 4.90 Å². The van der Waals surface area contributed by atoms with Gasteiger partial charge in [0.05, 0.1) is 0 Å². The molecule has 0 aromatic heterocycles. The molecular weight excluding hydrogens is 138 g/mol. The van der Waals surface area contributed by atoms with Gasteiger partial charge < -0.3 is 4.90 Å². The quantitative estimate of drug-likeness (QED) is 0.549. The summed E-state index contributed by atoms with van der Waals surface area (Å²) in [5, 5.41) is 0. The normalized spacial score (nSPS) is 23.7. The molecular formula is C9H15NO. The maximum Gasteiger partial charge on any atom is 0.245 e. The van der Waals surface area contributed by atoms with Crippen LogP contribution < -0.4 is 0 Å². The summed E-state index contributed by atoms with van der Waals surface area (Å²) in [6.07, 6.45) is 3.75. The van der Waals surface area contributed by atoms with Crippen LogP contribution in [-0.2, 0) is 4.79 Å². The number of rotatable bonds is 2. The van der Waals surface area contributed by atoms with E-state index in [9.17, 15) is 4.79 Å². The fourth-order valence-electron chi connectivity index (χ4n) is 1.50. The minimum atomic E-state index is 0.0842. The lowest BCUT2D eigenvalue weighted by Gasteiger charge is -2.12. The first-order valence-corrected chi connectivity index (χ1v) is 4.19. The molecule has 0 aliphatic carbocycles. The van der Waals surface area contributed by atoms with Gasteiger partial charge in [-0.15, -0.1) is 0 Å². The van der Waals surface area contributed by atoms with E-state index in [-0.39, 0.29) is 5.91 Å². The number of nitrogens with zero attached hydrogens (tertiary/aromatic N) is 1. The molecule has 1 aliphatic rings. The van der Waals surface area contributed by atoms with Gasteiger partial charge in [-0.1, -0.05) is 19.9 Å². The second-order valence-corrected chi connectivity index (χ2v) is 3.05. The third kappa shape index (κ3) is 1.82. The first-order valence-electron chi connectivity index (χ1n) is 4.19. The average molecular weight is 153 g/mol. The summed E-state index contributed by atoms with van der Waals surface area (Å²) in [7, 11) is 0. The molecule has 0 saturated carbocycles. The maximum absolute atomic E-state index is 11.1. The van der Waals surface area contributed by atoms with Crippen LogP contribution >= 0.6 is 0 Å². The lowest BCUT2D eigenvalue weighted by atomic mass is 10.1. The van der Waals surface area contributed by atoms with E-state index < -0.39 is 0 Å². The Bertz CT molecular complexity index is 165. The van der Waals surface area contributed by atoms with Gasteiger partial charge in [0.1, 0.15) is 0 Å². The summed E-state index contributed by atoms with van der Waals surface area (Å²) in [5.41, 5.74) is 0. The fraction of sp³-hybridized carbons (Fsp3) is 0.667. The molecule has 0 radical (unpaired) electrons. The third-order valence-corrected chi connectivity index (χ3v) is 2.35. The van der Waals surface area contributed by atoms with E-state index >= 15 is 0 Å². The van der Waals surface area contributed by atoms with E-state index in [1.807, 2.05) is 4.90 Å². The molecule has 2 heteroatoms. The minimum Gasteiger partial charge on any atom is -0.339 e. The van der Waals surface area contributed by atoms with Crippen LogP contribution in [0.2, 0.25) is 0 Å². The molecule has 11 heavy (non-hydrogen) atoms. The van der Waals surface area contributed by atoms with Gasteiger partial charge in [0.2, 0.25) is 5.91 Å². The first-order chi connectivity index (χ1) is 5.27. The van der Waals surface area contributed by atoms with E-state index in [0.717, 1.165) is 25.4 Å². The standard InChI is InChI=1S/C9H15NO/c1-3-8-5-6-10(7-8)9(11)4-2/h4,8H,2-3,5-7H2,1H3. The highest BCUT2D eigenvalue weighted by atomic mass is 16.2. The molecule has 1 heterocycles. The highest BCUT2D eigenvalue weighted by molar-refractivity contribution is 5.87. The van der Waals surface area contributed by atoms with E-state index in [0.29, 0.717) is 0 Å². The van der Waals surface area contributed by atoms with Gasteiger partial charge in [0.15, 0.2) is 0 Å². The first kappa shape index (κ1) is 8.31. The van der Waals surface area contributed by atoms with Crippen LogP contribution in [0.25, 0.3) is 0 Å². The summed E-state index contributed by atoms with van der Waals surface area (Å²) >= 11 is 0. The highest BCUT2D eigenvalue weighted by Gasteiger charge is 2.22. The predicted octanol–water partition coefficient (Wildman–Crippen LogP) is 1.43. The summed E-state index contributed by atoms with van der Waals surface area (Å²) in [6.45, 7) is 7.49. The lowest BCUT2D eigenvalue weighted by molar-refractivity contribution is -0.125. The molecule has 1 fully saturated rings. The molecule has 1 atom stereocenters. The molecule has 1 unspecified atom stereocenters. The van der Waals surface area contributed by atoms with E-state index in [2.05, 4.69) is 13.5 Å². The van der Waals surface area contributed by atoms with Crippen molar-refractivity contribution in [2.75, 3.05) is 13.1 Å². The summed E-state index contributed by atoms with van der Waals surface area (Å²) in [4.78, 5) is 13.0. The molecule has 1 rings (SSSR count). The van der Waals surface area contributed by atoms with E-state index in [1.54, 1.807) is 0 Å². The monoisotopic (exact) mass is 153 g/mol. The third-order valence-electron chi connectivity index (χ3n) is 2.35. The van der Waals surface area contributed by atoms with Gasteiger partial charge >= 0.3 is 0 Å². The van der Waals surface area contributed by atoms with Crippen LogP contribution in [0, 0.1) is 5.92 Å². The molecule has 1 amide bonds. The Balaban J connectivity index is 2.41. The SMILES string of the molecule is C=CC(=O)N1CCC(CC)C1. The topological polar surface area (TPSA) is 20.3 Å². The van der Waals surface area contributed by atoms with Crippen LogP contribution in [0.4, 0.5) is 0 Å². The second kappa shape index (κ2) is 3.56. The number of carbonyl (C=O) groups is 1. The Hall–Kier alpha value is -0.790. The second-order valence-electron chi connectivity index (χ2n) is 3.05. The van der Waals surface area contributed by atoms with Crippen LogP contribution in [0.3, 0.4) is 0 Å². The summed E-state index contributed by atoms with van der Waals surface area (Å²) in [5.74, 6) is 0.805. The molecule has 1 aliphatic heterocycles. The minimum absolute atomic E-state index is 0.0842. The maximum atomic E-state index is 11.1. The van der Waals surface area contributed by atoms with Crippen molar-refractivity contribution in [3.8, 4) is 0 Å². The number of carbonyl (C=O) groups excluding carboxylic acids is 1. The van der Waals surface area contributed by atoms with Crippen molar-refractivity contribution in [3.63, 3.8) is 0 Å². The Kier molecular flexibility index (Phi) is 2.69. The Morgan fingerprint density at radius 2 is 2.55 bits per heavy atom. The zero-order chi connectivity index (χ0) is 8.27. The Morgan fingerprint density at radius 1 is 1.82 bits per heavy atom. The van der Waals surface area contributed by atoms with Crippen molar-refractivity contribution in [2.24, 2.45) is 5.92 Å². The number of likely N-dealkylation sites (tertiary alicyclic amines) is 1. The van der Waals surface area contributed by atoms with Crippen molar-refractivity contribution in [2.45, 2.75) is 19.8 Å². The molecule has 62 valence electrons. The summed E-state index contributed by atoms with van der Waals surface area (Å²) in [6, 6.07) is 0. The van der Waals surface area contributed by atoms with E-state index in [1.165, 1.54) is 12.5 Å². The largest absolute Gasteiger partial charge is 0.339 e. The van der Waals surface area contributed by atoms with Crippen molar-refractivity contribution in [3.05, 3.63) is 12.7 Å². The van der Waals surface area contributed by atoms with Crippen molar-refractivity contribution in [1.29, 1.82) is 0 Å². The molecule has 0 N–H and O–H groups in total. The Labute approximate surface area is 67.9 Å². The summed E-state index contributed by atoms with van der Waals surface area (Å²) < 4.78 is 0.